The maximum absolute atomic E-state index is 12.0. The lowest BCUT2D eigenvalue weighted by molar-refractivity contribution is -0.115. The topological polar surface area (TPSA) is 51.2 Å². The van der Waals surface area contributed by atoms with Crippen LogP contribution in [0.25, 0.3) is 0 Å². The number of hydrogen-bond acceptors (Lipinski definition) is 3. The number of methoxy groups -OCH3 is 1. The second-order valence-electron chi connectivity index (χ2n) is 4.71. The van der Waals surface area contributed by atoms with Gasteiger partial charge in [-0.1, -0.05) is 12.1 Å². The van der Waals surface area contributed by atoms with Crippen molar-refractivity contribution in [3.63, 3.8) is 0 Å². The van der Waals surface area contributed by atoms with E-state index in [4.69, 9.17) is 4.74 Å². The molecule has 0 aliphatic carbocycles. The van der Waals surface area contributed by atoms with Gasteiger partial charge in [0.15, 0.2) is 0 Å². The highest BCUT2D eigenvalue weighted by molar-refractivity contribution is 5.92. The Kier molecular flexibility index (Phi) is 4.35. The third-order valence-corrected chi connectivity index (χ3v) is 3.00. The highest BCUT2D eigenvalue weighted by Crippen LogP contribution is 2.19. The summed E-state index contributed by atoms with van der Waals surface area (Å²) in [7, 11) is 1.64. The summed E-state index contributed by atoms with van der Waals surface area (Å²) in [6.07, 6.45) is 2.02. The normalized spacial score (nSPS) is 10.2. The summed E-state index contributed by atoms with van der Waals surface area (Å²) < 4.78 is 5.21. The van der Waals surface area contributed by atoms with E-state index in [0.717, 1.165) is 28.3 Å². The van der Waals surface area contributed by atoms with Crippen molar-refractivity contribution in [2.75, 3.05) is 12.4 Å². The van der Waals surface area contributed by atoms with Gasteiger partial charge in [-0.25, -0.2) is 0 Å². The molecule has 0 atom stereocenters. The zero-order valence-electron chi connectivity index (χ0n) is 11.9. The summed E-state index contributed by atoms with van der Waals surface area (Å²) in [4.78, 5) is 16.1. The van der Waals surface area contributed by atoms with Gasteiger partial charge in [0.1, 0.15) is 5.75 Å². The number of carbonyl (C=O) groups excluding carboxylic acids is 1. The van der Waals surface area contributed by atoms with E-state index in [1.54, 1.807) is 19.4 Å². The van der Waals surface area contributed by atoms with Crippen molar-refractivity contribution >= 4 is 11.6 Å². The third kappa shape index (κ3) is 3.57. The zero-order chi connectivity index (χ0) is 14.5. The average molecular weight is 270 g/mol. The van der Waals surface area contributed by atoms with Crippen LogP contribution in [0.1, 0.15) is 16.8 Å². The number of benzene rings is 1. The number of nitrogens with one attached hydrogen (secondary N) is 1. The van der Waals surface area contributed by atoms with E-state index >= 15 is 0 Å². The molecule has 1 N–H and O–H groups in total. The van der Waals surface area contributed by atoms with Crippen LogP contribution < -0.4 is 10.1 Å². The van der Waals surface area contributed by atoms with Gasteiger partial charge in [-0.15, -0.1) is 0 Å². The van der Waals surface area contributed by atoms with Gasteiger partial charge in [-0.05, 0) is 43.2 Å². The van der Waals surface area contributed by atoms with Crippen LogP contribution in [0.15, 0.2) is 36.5 Å². The maximum atomic E-state index is 12.0. The van der Waals surface area contributed by atoms with Crippen LogP contribution in [0.2, 0.25) is 0 Å². The molecule has 0 spiro atoms. The number of nitrogens with zero attached hydrogens (tertiary/aromatic N) is 1. The van der Waals surface area contributed by atoms with E-state index < -0.39 is 0 Å². The molecular weight excluding hydrogens is 252 g/mol. The van der Waals surface area contributed by atoms with Crippen molar-refractivity contribution in [2.45, 2.75) is 20.3 Å². The van der Waals surface area contributed by atoms with Gasteiger partial charge in [-0.2, -0.15) is 0 Å². The molecular formula is C16H18N2O2. The zero-order valence-corrected chi connectivity index (χ0v) is 11.9. The molecule has 2 rings (SSSR count). The van der Waals surface area contributed by atoms with Gasteiger partial charge in [-0.3, -0.25) is 9.78 Å². The van der Waals surface area contributed by atoms with E-state index in [0.29, 0.717) is 6.42 Å². The highest BCUT2D eigenvalue weighted by atomic mass is 16.5. The van der Waals surface area contributed by atoms with Gasteiger partial charge >= 0.3 is 0 Å². The fourth-order valence-electron chi connectivity index (χ4n) is 2.06. The first-order valence-corrected chi connectivity index (χ1v) is 6.44. The molecule has 4 nitrogen and oxygen atoms in total. The van der Waals surface area contributed by atoms with Crippen molar-refractivity contribution in [1.82, 2.24) is 4.98 Å². The Labute approximate surface area is 118 Å². The van der Waals surface area contributed by atoms with Gasteiger partial charge in [0.05, 0.1) is 13.5 Å². The number of ether oxygens (including phenoxy) is 1. The van der Waals surface area contributed by atoms with Crippen LogP contribution in [0.4, 0.5) is 5.69 Å². The summed E-state index contributed by atoms with van der Waals surface area (Å²) in [6.45, 7) is 3.86. The summed E-state index contributed by atoms with van der Waals surface area (Å²) in [5.41, 5.74) is 3.64. The van der Waals surface area contributed by atoms with Crippen molar-refractivity contribution < 1.29 is 9.53 Å². The molecule has 0 fully saturated rings. The molecule has 1 heterocycles. The Balaban J connectivity index is 2.03. The smallest absolute Gasteiger partial charge is 0.228 e. The maximum Gasteiger partial charge on any atom is 0.228 e. The van der Waals surface area contributed by atoms with Crippen molar-refractivity contribution in [3.05, 3.63) is 53.3 Å². The van der Waals surface area contributed by atoms with Gasteiger partial charge in [0, 0.05) is 17.6 Å². The van der Waals surface area contributed by atoms with Crippen molar-refractivity contribution in [1.29, 1.82) is 0 Å². The van der Waals surface area contributed by atoms with E-state index in [1.807, 2.05) is 38.1 Å². The molecule has 0 unspecified atom stereocenters. The number of carbonyl (C=O) groups is 1. The standard InChI is InChI=1S/C16H18N2O2/c1-11-8-13(4-5-15(11)20-3)10-16(19)18-14-6-7-17-12(2)9-14/h4-9H,10H2,1-3H3,(H,17,18,19). The molecule has 1 aromatic carbocycles. The van der Waals surface area contributed by atoms with Crippen LogP contribution in [0.3, 0.4) is 0 Å². The third-order valence-electron chi connectivity index (χ3n) is 3.00. The number of anilines is 1. The van der Waals surface area contributed by atoms with E-state index in [9.17, 15) is 4.79 Å². The Morgan fingerprint density at radius 2 is 2.05 bits per heavy atom. The van der Waals surface area contributed by atoms with Crippen LogP contribution in [0, 0.1) is 13.8 Å². The average Bonchev–Trinajstić information content (AvgIpc) is 2.38. The number of pyridine rings is 1. The highest BCUT2D eigenvalue weighted by Gasteiger charge is 2.06. The summed E-state index contributed by atoms with van der Waals surface area (Å²) in [5.74, 6) is 0.791. The molecule has 1 aromatic heterocycles. The fraction of sp³-hybridized carbons (Fsp3) is 0.250. The Hall–Kier alpha value is -2.36. The van der Waals surface area contributed by atoms with Crippen molar-refractivity contribution in [2.24, 2.45) is 0 Å². The molecule has 4 heteroatoms. The molecule has 0 bridgehead atoms. The minimum Gasteiger partial charge on any atom is -0.496 e. The lowest BCUT2D eigenvalue weighted by Crippen LogP contribution is -2.14. The monoisotopic (exact) mass is 270 g/mol. The summed E-state index contributed by atoms with van der Waals surface area (Å²) in [6, 6.07) is 9.38. The minimum absolute atomic E-state index is 0.0415. The molecule has 1 amide bonds. The molecule has 0 saturated heterocycles. The second kappa shape index (κ2) is 6.19. The minimum atomic E-state index is -0.0415. The van der Waals surface area contributed by atoms with Crippen LogP contribution in [-0.2, 0) is 11.2 Å². The summed E-state index contributed by atoms with van der Waals surface area (Å²) >= 11 is 0. The lowest BCUT2D eigenvalue weighted by atomic mass is 10.1. The fourth-order valence-corrected chi connectivity index (χ4v) is 2.06. The van der Waals surface area contributed by atoms with Crippen LogP contribution >= 0.6 is 0 Å². The van der Waals surface area contributed by atoms with Gasteiger partial charge < -0.3 is 10.1 Å². The van der Waals surface area contributed by atoms with E-state index in [-0.39, 0.29) is 5.91 Å². The van der Waals surface area contributed by atoms with Gasteiger partial charge in [0.2, 0.25) is 5.91 Å². The largest absolute Gasteiger partial charge is 0.496 e. The first-order chi connectivity index (χ1) is 9.58. The molecule has 0 radical (unpaired) electrons. The van der Waals surface area contributed by atoms with Crippen LogP contribution in [-0.4, -0.2) is 18.0 Å². The van der Waals surface area contributed by atoms with Crippen LogP contribution in [0.5, 0.6) is 5.75 Å². The molecule has 2 aromatic rings. The SMILES string of the molecule is COc1ccc(CC(=O)Nc2ccnc(C)c2)cc1C. The lowest BCUT2D eigenvalue weighted by Gasteiger charge is -2.08. The number of amides is 1. The molecule has 0 aliphatic heterocycles. The quantitative estimate of drug-likeness (QED) is 0.929. The van der Waals surface area contributed by atoms with E-state index in [1.165, 1.54) is 0 Å². The Bertz CT molecular complexity index is 624. The predicted octanol–water partition coefficient (Wildman–Crippen LogP) is 2.89. The molecule has 0 saturated carbocycles. The second-order valence-corrected chi connectivity index (χ2v) is 4.71. The number of aromatic nitrogens is 1. The van der Waals surface area contributed by atoms with Gasteiger partial charge in [0.25, 0.3) is 0 Å². The van der Waals surface area contributed by atoms with Crippen molar-refractivity contribution in [3.8, 4) is 5.75 Å². The Morgan fingerprint density at radius 1 is 1.25 bits per heavy atom. The first kappa shape index (κ1) is 14.1. The first-order valence-electron chi connectivity index (χ1n) is 6.44. The molecule has 104 valence electrons. The van der Waals surface area contributed by atoms with E-state index in [2.05, 4.69) is 10.3 Å². The number of rotatable bonds is 4. The number of hydrogen-bond donors (Lipinski definition) is 1. The summed E-state index contributed by atoms with van der Waals surface area (Å²) in [5, 5.41) is 2.87. The molecule has 20 heavy (non-hydrogen) atoms. The number of aryl methyl sites for hydroxylation is 2. The predicted molar refractivity (Wildman–Crippen MR) is 79.0 cm³/mol. The Morgan fingerprint density at radius 3 is 2.70 bits per heavy atom. The molecule has 0 aliphatic rings.